The molecule has 28 heavy (non-hydrogen) atoms. The van der Waals surface area contributed by atoms with E-state index < -0.39 is 0 Å². The van der Waals surface area contributed by atoms with Crippen molar-refractivity contribution in [1.29, 1.82) is 0 Å². The number of hydrogen-bond acceptors (Lipinski definition) is 4. The Morgan fingerprint density at radius 2 is 1.93 bits per heavy atom. The van der Waals surface area contributed by atoms with Gasteiger partial charge in [0.2, 0.25) is 0 Å². The van der Waals surface area contributed by atoms with Gasteiger partial charge in [0.1, 0.15) is 5.75 Å². The third-order valence-electron chi connectivity index (χ3n) is 5.73. The molecule has 158 valence electrons. The van der Waals surface area contributed by atoms with E-state index >= 15 is 0 Å². The lowest BCUT2D eigenvalue weighted by atomic mass is 9.94. The Labute approximate surface area is 170 Å². The van der Waals surface area contributed by atoms with Crippen LogP contribution in [0.25, 0.3) is 0 Å². The Hall–Kier alpha value is -1.79. The first kappa shape index (κ1) is 22.5. The van der Waals surface area contributed by atoms with E-state index in [-0.39, 0.29) is 12.1 Å². The van der Waals surface area contributed by atoms with Gasteiger partial charge < -0.3 is 25.2 Å². The van der Waals surface area contributed by atoms with E-state index in [1.54, 1.807) is 7.11 Å². The maximum absolute atomic E-state index is 12.2. The van der Waals surface area contributed by atoms with Crippen LogP contribution in [-0.2, 0) is 0 Å². The van der Waals surface area contributed by atoms with Gasteiger partial charge in [-0.25, -0.2) is 4.79 Å². The molecule has 2 amide bonds. The van der Waals surface area contributed by atoms with Crippen LogP contribution in [-0.4, -0.2) is 69.8 Å². The van der Waals surface area contributed by atoms with Crippen LogP contribution in [0.3, 0.4) is 0 Å². The van der Waals surface area contributed by atoms with Gasteiger partial charge in [0.15, 0.2) is 0 Å². The summed E-state index contributed by atoms with van der Waals surface area (Å²) in [4.78, 5) is 16.8. The van der Waals surface area contributed by atoms with E-state index in [0.29, 0.717) is 13.1 Å². The molecule has 1 atom stereocenters. The molecule has 1 aliphatic rings. The molecule has 6 nitrogen and oxygen atoms in total. The van der Waals surface area contributed by atoms with Crippen LogP contribution in [0.5, 0.6) is 5.75 Å². The zero-order chi connectivity index (χ0) is 20.4. The predicted octanol–water partition coefficient (Wildman–Crippen LogP) is 3.25. The topological polar surface area (TPSA) is 56.8 Å². The van der Waals surface area contributed by atoms with Gasteiger partial charge in [-0.2, -0.15) is 0 Å². The van der Waals surface area contributed by atoms with Gasteiger partial charge in [0, 0.05) is 19.1 Å². The van der Waals surface area contributed by atoms with Crippen molar-refractivity contribution < 1.29 is 9.53 Å². The summed E-state index contributed by atoms with van der Waals surface area (Å²) < 4.78 is 5.32. The van der Waals surface area contributed by atoms with Crippen molar-refractivity contribution >= 4 is 6.03 Å². The van der Waals surface area contributed by atoms with Crippen LogP contribution >= 0.6 is 0 Å². The third kappa shape index (κ3) is 7.32. The molecule has 1 aromatic rings. The maximum atomic E-state index is 12.2. The summed E-state index contributed by atoms with van der Waals surface area (Å²) >= 11 is 0. The molecule has 0 bridgehead atoms. The zero-order valence-electron chi connectivity index (χ0n) is 18.0. The Kier molecular flexibility index (Phi) is 9.58. The van der Waals surface area contributed by atoms with E-state index in [2.05, 4.69) is 33.5 Å². The lowest BCUT2D eigenvalue weighted by Crippen LogP contribution is -2.41. The van der Waals surface area contributed by atoms with E-state index in [9.17, 15) is 4.79 Å². The molecule has 2 rings (SSSR count). The first-order valence-corrected chi connectivity index (χ1v) is 10.5. The number of likely N-dealkylation sites (N-methyl/N-ethyl adjacent to an activating group) is 1. The molecule has 0 saturated heterocycles. The van der Waals surface area contributed by atoms with Gasteiger partial charge in [0.25, 0.3) is 0 Å². The zero-order valence-corrected chi connectivity index (χ0v) is 18.0. The SMILES string of the molecule is COc1cccc(C(CNC(=O)NCCCN(C)C2CCCCC2)N(C)C)c1. The molecule has 1 fully saturated rings. The molecule has 0 aliphatic heterocycles. The molecule has 0 heterocycles. The maximum Gasteiger partial charge on any atom is 0.314 e. The van der Waals surface area contributed by atoms with Gasteiger partial charge in [-0.05, 0) is 64.6 Å². The molecule has 2 N–H and O–H groups in total. The molecule has 6 heteroatoms. The molecule has 1 saturated carbocycles. The van der Waals surface area contributed by atoms with Crippen LogP contribution in [0.2, 0.25) is 0 Å². The third-order valence-corrected chi connectivity index (χ3v) is 5.73. The van der Waals surface area contributed by atoms with Crippen LogP contribution in [0, 0.1) is 0 Å². The summed E-state index contributed by atoms with van der Waals surface area (Å²) in [6.07, 6.45) is 7.72. The lowest BCUT2D eigenvalue weighted by molar-refractivity contribution is 0.189. The fraction of sp³-hybridized carbons (Fsp3) is 0.682. The molecule has 1 unspecified atom stereocenters. The van der Waals surface area contributed by atoms with Crippen molar-refractivity contribution in [3.63, 3.8) is 0 Å². The quantitative estimate of drug-likeness (QED) is 0.602. The molecular weight excluding hydrogens is 352 g/mol. The largest absolute Gasteiger partial charge is 0.497 e. The minimum Gasteiger partial charge on any atom is -0.497 e. The minimum absolute atomic E-state index is 0.0956. The average Bonchev–Trinajstić information content (AvgIpc) is 2.71. The highest BCUT2D eigenvalue weighted by Gasteiger charge is 2.18. The molecule has 0 aromatic heterocycles. The summed E-state index contributed by atoms with van der Waals surface area (Å²) in [7, 11) is 7.92. The van der Waals surface area contributed by atoms with Gasteiger partial charge in [-0.3, -0.25) is 0 Å². The second kappa shape index (κ2) is 11.9. The second-order valence-corrected chi connectivity index (χ2v) is 8.02. The summed E-state index contributed by atoms with van der Waals surface area (Å²) in [6, 6.07) is 8.72. The molecule has 1 aliphatic carbocycles. The first-order chi connectivity index (χ1) is 13.5. The molecule has 0 radical (unpaired) electrons. The number of amides is 2. The summed E-state index contributed by atoms with van der Waals surface area (Å²) in [6.45, 7) is 2.29. The van der Waals surface area contributed by atoms with Crippen LogP contribution < -0.4 is 15.4 Å². The number of nitrogens with zero attached hydrogens (tertiary/aromatic N) is 2. The Morgan fingerprint density at radius 3 is 2.61 bits per heavy atom. The number of methoxy groups -OCH3 is 1. The van der Waals surface area contributed by atoms with Crippen molar-refractivity contribution in [2.75, 3.05) is 47.9 Å². The van der Waals surface area contributed by atoms with Crippen molar-refractivity contribution in [2.24, 2.45) is 0 Å². The highest BCUT2D eigenvalue weighted by atomic mass is 16.5. The number of nitrogens with one attached hydrogen (secondary N) is 2. The van der Waals surface area contributed by atoms with Crippen molar-refractivity contribution in [1.82, 2.24) is 20.4 Å². The number of hydrogen-bond donors (Lipinski definition) is 2. The van der Waals surface area contributed by atoms with E-state index in [0.717, 1.165) is 30.3 Å². The number of carbonyl (C=O) groups excluding carboxylic acids is 1. The molecule has 1 aromatic carbocycles. The minimum atomic E-state index is -0.102. The molecular formula is C22H38N4O2. The first-order valence-electron chi connectivity index (χ1n) is 10.5. The fourth-order valence-electron chi connectivity index (χ4n) is 3.93. The van der Waals surface area contributed by atoms with E-state index in [1.807, 2.05) is 32.3 Å². The van der Waals surface area contributed by atoms with Crippen LogP contribution in [0.4, 0.5) is 4.79 Å². The van der Waals surface area contributed by atoms with Gasteiger partial charge >= 0.3 is 6.03 Å². The standard InChI is InChI=1S/C22H38N4O2/c1-25(2)21(18-10-8-13-20(16-18)28-4)17-24-22(27)23-14-9-15-26(3)19-11-6-5-7-12-19/h8,10,13,16,19,21H,5-7,9,11-12,14-15,17H2,1-4H3,(H2,23,24,27). The van der Waals surface area contributed by atoms with Crippen molar-refractivity contribution in [3.05, 3.63) is 29.8 Å². The number of rotatable bonds is 10. The number of benzene rings is 1. The monoisotopic (exact) mass is 390 g/mol. The highest BCUT2D eigenvalue weighted by Crippen LogP contribution is 2.22. The predicted molar refractivity (Wildman–Crippen MR) is 115 cm³/mol. The summed E-state index contributed by atoms with van der Waals surface area (Å²) in [5, 5.41) is 5.99. The Balaban J connectivity index is 1.69. The summed E-state index contributed by atoms with van der Waals surface area (Å²) in [5.74, 6) is 0.830. The number of ether oxygens (including phenoxy) is 1. The van der Waals surface area contributed by atoms with E-state index in [1.165, 1.54) is 32.1 Å². The normalized spacial score (nSPS) is 16.2. The second-order valence-electron chi connectivity index (χ2n) is 8.02. The van der Waals surface area contributed by atoms with Gasteiger partial charge in [0.05, 0.1) is 13.2 Å². The fourth-order valence-corrected chi connectivity index (χ4v) is 3.93. The van der Waals surface area contributed by atoms with Gasteiger partial charge in [-0.1, -0.05) is 31.4 Å². The van der Waals surface area contributed by atoms with E-state index in [4.69, 9.17) is 4.74 Å². The summed E-state index contributed by atoms with van der Waals surface area (Å²) in [5.41, 5.74) is 1.12. The average molecular weight is 391 g/mol. The molecule has 0 spiro atoms. The van der Waals surface area contributed by atoms with Crippen molar-refractivity contribution in [3.8, 4) is 5.75 Å². The van der Waals surface area contributed by atoms with Gasteiger partial charge in [-0.15, -0.1) is 0 Å². The Bertz CT molecular complexity index is 588. The van der Waals surface area contributed by atoms with Crippen LogP contribution in [0.15, 0.2) is 24.3 Å². The van der Waals surface area contributed by atoms with Crippen molar-refractivity contribution in [2.45, 2.75) is 50.6 Å². The highest BCUT2D eigenvalue weighted by molar-refractivity contribution is 5.73. The number of urea groups is 1. The smallest absolute Gasteiger partial charge is 0.314 e. The lowest BCUT2D eigenvalue weighted by Gasteiger charge is -2.31. The Morgan fingerprint density at radius 1 is 1.18 bits per heavy atom. The number of carbonyl (C=O) groups is 1. The van der Waals surface area contributed by atoms with Crippen LogP contribution in [0.1, 0.15) is 50.1 Å².